The van der Waals surface area contributed by atoms with Gasteiger partial charge in [-0.05, 0) is 38.7 Å². The molecule has 1 N–H and O–H groups in total. The van der Waals surface area contributed by atoms with E-state index in [0.29, 0.717) is 18.4 Å². The number of piperidine rings is 1. The Hall–Kier alpha value is -0.980. The van der Waals surface area contributed by atoms with Crippen LogP contribution < -0.4 is 4.74 Å². The number of aliphatic hydroxyl groups is 1. The molecule has 0 saturated carbocycles. The van der Waals surface area contributed by atoms with Crippen molar-refractivity contribution in [2.45, 2.75) is 38.8 Å². The van der Waals surface area contributed by atoms with Crippen molar-refractivity contribution in [3.8, 4) is 5.88 Å². The number of hydrogen-bond donors (Lipinski definition) is 1. The van der Waals surface area contributed by atoms with Crippen molar-refractivity contribution in [2.24, 2.45) is 5.92 Å². The lowest BCUT2D eigenvalue weighted by Gasteiger charge is -2.30. The number of aromatic nitrogens is 2. The van der Waals surface area contributed by atoms with Gasteiger partial charge in [-0.2, -0.15) is 4.37 Å². The van der Waals surface area contributed by atoms with Crippen LogP contribution in [0.2, 0.25) is 0 Å². The minimum absolute atomic E-state index is 0.179. The molecular formula is C14H21N3O2S. The zero-order chi connectivity index (χ0) is 14.1. The van der Waals surface area contributed by atoms with Gasteiger partial charge in [-0.1, -0.05) is 5.57 Å². The summed E-state index contributed by atoms with van der Waals surface area (Å²) < 4.78 is 14.5. The van der Waals surface area contributed by atoms with Crippen LogP contribution in [0.4, 0.5) is 0 Å². The standard InChI is InChI=1S/C14H21N3O2S/c1-9(2)5-6-19-14-13(15-20-16-14)11-4-3-10-7-17(11)8-12(10)18/h5,10-12,18H,3-4,6-8H2,1-2H3. The van der Waals surface area contributed by atoms with E-state index >= 15 is 0 Å². The van der Waals surface area contributed by atoms with Gasteiger partial charge in [0.2, 0.25) is 0 Å². The number of ether oxygens (including phenoxy) is 1. The molecule has 3 rings (SSSR count). The maximum atomic E-state index is 9.97. The van der Waals surface area contributed by atoms with Gasteiger partial charge in [-0.3, -0.25) is 4.90 Å². The number of allylic oxidation sites excluding steroid dienone is 1. The maximum Gasteiger partial charge on any atom is 0.251 e. The van der Waals surface area contributed by atoms with E-state index in [1.807, 2.05) is 6.08 Å². The van der Waals surface area contributed by atoms with E-state index in [0.717, 1.165) is 31.6 Å². The first-order valence-electron chi connectivity index (χ1n) is 7.16. The van der Waals surface area contributed by atoms with Gasteiger partial charge < -0.3 is 9.84 Å². The molecule has 0 amide bonds. The first kappa shape index (κ1) is 14.0. The monoisotopic (exact) mass is 295 g/mol. The molecule has 20 heavy (non-hydrogen) atoms. The molecule has 2 aliphatic heterocycles. The fourth-order valence-electron chi connectivity index (χ4n) is 3.07. The third-order valence-corrected chi connectivity index (χ3v) is 4.72. The van der Waals surface area contributed by atoms with Gasteiger partial charge in [-0.15, -0.1) is 4.37 Å². The van der Waals surface area contributed by atoms with Crippen molar-refractivity contribution in [3.05, 3.63) is 17.3 Å². The number of nitrogens with zero attached hydrogens (tertiary/aromatic N) is 3. The van der Waals surface area contributed by atoms with Crippen molar-refractivity contribution in [2.75, 3.05) is 19.7 Å². The maximum absolute atomic E-state index is 9.97. The smallest absolute Gasteiger partial charge is 0.251 e. The number of aliphatic hydroxyl groups excluding tert-OH is 1. The van der Waals surface area contributed by atoms with Crippen LogP contribution in [0.25, 0.3) is 0 Å². The summed E-state index contributed by atoms with van der Waals surface area (Å²) >= 11 is 1.21. The summed E-state index contributed by atoms with van der Waals surface area (Å²) in [6, 6.07) is 0.254. The topological polar surface area (TPSA) is 58.5 Å². The van der Waals surface area contributed by atoms with E-state index in [2.05, 4.69) is 27.5 Å². The molecule has 1 aromatic heterocycles. The summed E-state index contributed by atoms with van der Waals surface area (Å²) in [6.07, 6.45) is 3.96. The van der Waals surface area contributed by atoms with Gasteiger partial charge in [0.25, 0.3) is 5.88 Å². The molecule has 2 aliphatic rings. The second-order valence-corrected chi connectivity index (χ2v) is 6.45. The summed E-state index contributed by atoms with van der Waals surface area (Å²) in [7, 11) is 0. The molecule has 0 radical (unpaired) electrons. The number of fused-ring (bicyclic) bond motifs is 2. The predicted molar refractivity (Wildman–Crippen MR) is 77.9 cm³/mol. The minimum Gasteiger partial charge on any atom is -0.471 e. The second-order valence-electron chi connectivity index (χ2n) is 5.92. The molecule has 5 nitrogen and oxygen atoms in total. The van der Waals surface area contributed by atoms with Crippen LogP contribution in [0.1, 0.15) is 38.4 Å². The van der Waals surface area contributed by atoms with E-state index in [1.165, 1.54) is 17.3 Å². The van der Waals surface area contributed by atoms with Gasteiger partial charge >= 0.3 is 0 Å². The van der Waals surface area contributed by atoms with Crippen LogP contribution >= 0.6 is 11.7 Å². The van der Waals surface area contributed by atoms with Gasteiger partial charge in [0.1, 0.15) is 12.3 Å². The molecule has 3 heterocycles. The Kier molecular flexibility index (Phi) is 4.05. The lowest BCUT2D eigenvalue weighted by Crippen LogP contribution is -2.31. The highest BCUT2D eigenvalue weighted by Gasteiger charge is 2.41. The molecule has 110 valence electrons. The van der Waals surface area contributed by atoms with Crippen molar-refractivity contribution < 1.29 is 9.84 Å². The third kappa shape index (κ3) is 2.73. The Morgan fingerprint density at radius 1 is 1.40 bits per heavy atom. The van der Waals surface area contributed by atoms with Crippen LogP contribution in [-0.2, 0) is 0 Å². The number of hydrogen-bond acceptors (Lipinski definition) is 6. The third-order valence-electron chi connectivity index (χ3n) is 4.20. The van der Waals surface area contributed by atoms with Crippen LogP contribution in [0, 0.1) is 5.92 Å². The SMILES string of the molecule is CC(C)=CCOc1nsnc1C1CCC2CN1CC2O. The zero-order valence-corrected chi connectivity index (χ0v) is 12.8. The Labute approximate surface area is 123 Å². The van der Waals surface area contributed by atoms with Gasteiger partial charge in [-0.25, -0.2) is 0 Å². The highest BCUT2D eigenvalue weighted by Crippen LogP contribution is 2.41. The first-order valence-corrected chi connectivity index (χ1v) is 7.89. The van der Waals surface area contributed by atoms with Gasteiger partial charge in [0.15, 0.2) is 0 Å². The Morgan fingerprint density at radius 2 is 2.25 bits per heavy atom. The number of rotatable bonds is 4. The second kappa shape index (κ2) is 5.79. The van der Waals surface area contributed by atoms with Crippen LogP contribution in [0.3, 0.4) is 0 Å². The highest BCUT2D eigenvalue weighted by atomic mass is 32.1. The van der Waals surface area contributed by atoms with E-state index in [9.17, 15) is 5.11 Å². The lowest BCUT2D eigenvalue weighted by molar-refractivity contribution is 0.144. The largest absolute Gasteiger partial charge is 0.471 e. The Bertz CT molecular complexity index is 496. The molecule has 4 atom stereocenters. The lowest BCUT2D eigenvalue weighted by atomic mass is 9.93. The average Bonchev–Trinajstić information content (AvgIpc) is 2.96. The summed E-state index contributed by atoms with van der Waals surface area (Å²) in [5, 5.41) is 9.97. The quantitative estimate of drug-likeness (QED) is 0.861. The Morgan fingerprint density at radius 3 is 3.05 bits per heavy atom. The van der Waals surface area contributed by atoms with Crippen LogP contribution in [-0.4, -0.2) is 44.6 Å². The Balaban J connectivity index is 1.71. The molecule has 2 saturated heterocycles. The van der Waals surface area contributed by atoms with Gasteiger partial charge in [0, 0.05) is 13.1 Å². The fourth-order valence-corrected chi connectivity index (χ4v) is 3.62. The summed E-state index contributed by atoms with van der Waals surface area (Å²) in [6.45, 7) is 6.36. The molecule has 2 bridgehead atoms. The molecule has 2 fully saturated rings. The van der Waals surface area contributed by atoms with Crippen LogP contribution in [0.15, 0.2) is 11.6 Å². The van der Waals surface area contributed by atoms with Crippen molar-refractivity contribution in [3.63, 3.8) is 0 Å². The van der Waals surface area contributed by atoms with Gasteiger partial charge in [0.05, 0.1) is 23.9 Å². The normalized spacial score (nSPS) is 32.1. The average molecular weight is 295 g/mol. The molecule has 6 heteroatoms. The molecule has 0 spiro atoms. The summed E-state index contributed by atoms with van der Waals surface area (Å²) in [4.78, 5) is 2.32. The molecule has 0 aromatic carbocycles. The van der Waals surface area contributed by atoms with Crippen molar-refractivity contribution in [1.29, 1.82) is 0 Å². The first-order chi connectivity index (χ1) is 9.65. The zero-order valence-electron chi connectivity index (χ0n) is 12.0. The predicted octanol–water partition coefficient (Wildman–Crippen LogP) is 2.01. The highest BCUT2D eigenvalue weighted by molar-refractivity contribution is 6.99. The molecule has 4 unspecified atom stereocenters. The van der Waals surface area contributed by atoms with E-state index in [-0.39, 0.29) is 12.1 Å². The van der Waals surface area contributed by atoms with Crippen LogP contribution in [0.5, 0.6) is 5.88 Å². The molecular weight excluding hydrogens is 274 g/mol. The summed E-state index contributed by atoms with van der Waals surface area (Å²) in [5.74, 6) is 1.10. The van der Waals surface area contributed by atoms with E-state index < -0.39 is 0 Å². The van der Waals surface area contributed by atoms with E-state index in [1.54, 1.807) is 0 Å². The molecule has 0 aliphatic carbocycles. The molecule has 1 aromatic rings. The minimum atomic E-state index is -0.179. The van der Waals surface area contributed by atoms with Crippen molar-refractivity contribution >= 4 is 11.7 Å². The summed E-state index contributed by atoms with van der Waals surface area (Å²) in [5.41, 5.74) is 2.18. The fraction of sp³-hybridized carbons (Fsp3) is 0.714. The van der Waals surface area contributed by atoms with Crippen molar-refractivity contribution in [1.82, 2.24) is 13.6 Å². The van der Waals surface area contributed by atoms with E-state index in [4.69, 9.17) is 4.74 Å².